The Balaban J connectivity index is 2.13. The van der Waals surface area contributed by atoms with Crippen molar-refractivity contribution >= 4 is 5.91 Å². The van der Waals surface area contributed by atoms with Gasteiger partial charge in [0.2, 0.25) is 0 Å². The van der Waals surface area contributed by atoms with Crippen molar-refractivity contribution in [2.45, 2.75) is 12.2 Å². The summed E-state index contributed by atoms with van der Waals surface area (Å²) >= 11 is 0. The fraction of sp³-hybridized carbons (Fsp3) is 0.133. The van der Waals surface area contributed by atoms with E-state index in [1.165, 1.54) is 42.5 Å². The number of amides is 1. The van der Waals surface area contributed by atoms with E-state index >= 15 is 0 Å². The summed E-state index contributed by atoms with van der Waals surface area (Å²) in [6, 6.07) is 9.96. The van der Waals surface area contributed by atoms with Crippen LogP contribution in [0.25, 0.3) is 0 Å². The number of carbonyl (C=O) groups is 1. The molecule has 0 aromatic heterocycles. The van der Waals surface area contributed by atoms with Gasteiger partial charge in [0, 0.05) is 0 Å². The van der Waals surface area contributed by atoms with E-state index in [2.05, 4.69) is 0 Å². The summed E-state index contributed by atoms with van der Waals surface area (Å²) in [5.74, 6) is -1.80. The van der Waals surface area contributed by atoms with E-state index in [4.69, 9.17) is 0 Å². The lowest BCUT2D eigenvalue weighted by atomic mass is 10.1. The molecular formula is C15H12F4N2O. The average molecular weight is 312 g/mol. The summed E-state index contributed by atoms with van der Waals surface area (Å²) in [6.45, 7) is 0. The Morgan fingerprint density at radius 3 is 2.14 bits per heavy atom. The maximum Gasteiger partial charge on any atom is 0.409 e. The number of hydrogen-bond donors (Lipinski definition) is 2. The Morgan fingerprint density at radius 1 is 0.955 bits per heavy atom. The third-order valence-electron chi connectivity index (χ3n) is 2.91. The van der Waals surface area contributed by atoms with Crippen LogP contribution in [-0.2, 0) is 0 Å². The van der Waals surface area contributed by atoms with Crippen molar-refractivity contribution in [1.82, 2.24) is 10.9 Å². The van der Waals surface area contributed by atoms with Gasteiger partial charge in [0.1, 0.15) is 11.9 Å². The summed E-state index contributed by atoms with van der Waals surface area (Å²) in [5.41, 5.74) is 3.40. The third-order valence-corrected chi connectivity index (χ3v) is 2.91. The highest BCUT2D eigenvalue weighted by Crippen LogP contribution is 2.31. The quantitative estimate of drug-likeness (QED) is 0.671. The lowest BCUT2D eigenvalue weighted by Gasteiger charge is -2.22. The van der Waals surface area contributed by atoms with E-state index in [-0.39, 0.29) is 11.1 Å². The van der Waals surface area contributed by atoms with E-state index < -0.39 is 23.9 Å². The highest BCUT2D eigenvalue weighted by Gasteiger charge is 2.41. The fourth-order valence-electron chi connectivity index (χ4n) is 1.85. The van der Waals surface area contributed by atoms with Gasteiger partial charge in [-0.05, 0) is 17.7 Å². The van der Waals surface area contributed by atoms with Crippen LogP contribution < -0.4 is 10.9 Å². The van der Waals surface area contributed by atoms with E-state index in [0.29, 0.717) is 0 Å². The van der Waals surface area contributed by atoms with E-state index in [9.17, 15) is 22.4 Å². The molecule has 1 atom stereocenters. The molecule has 0 spiro atoms. The highest BCUT2D eigenvalue weighted by molar-refractivity contribution is 5.94. The number of carbonyl (C=O) groups excluding carboxylic acids is 1. The van der Waals surface area contributed by atoms with E-state index in [1.54, 1.807) is 6.07 Å². The molecule has 0 aliphatic rings. The van der Waals surface area contributed by atoms with Gasteiger partial charge < -0.3 is 0 Å². The van der Waals surface area contributed by atoms with Crippen LogP contribution >= 0.6 is 0 Å². The second kappa shape index (κ2) is 6.57. The zero-order valence-electron chi connectivity index (χ0n) is 11.2. The molecule has 1 unspecified atom stereocenters. The molecule has 2 aromatic rings. The molecule has 0 saturated heterocycles. The molecule has 2 N–H and O–H groups in total. The minimum absolute atomic E-state index is 0.0659. The third kappa shape index (κ3) is 3.82. The Bertz CT molecular complexity index is 643. The molecule has 0 heterocycles. The molecule has 116 valence electrons. The van der Waals surface area contributed by atoms with Crippen molar-refractivity contribution in [3.8, 4) is 0 Å². The van der Waals surface area contributed by atoms with Crippen LogP contribution in [-0.4, -0.2) is 12.1 Å². The zero-order chi connectivity index (χ0) is 16.2. The molecule has 0 saturated carbocycles. The summed E-state index contributed by atoms with van der Waals surface area (Å²) in [4.78, 5) is 11.7. The van der Waals surface area contributed by atoms with Gasteiger partial charge in [0.15, 0.2) is 0 Å². The van der Waals surface area contributed by atoms with Gasteiger partial charge in [0.25, 0.3) is 5.91 Å². The van der Waals surface area contributed by atoms with E-state index in [0.717, 1.165) is 6.07 Å². The molecule has 0 radical (unpaired) electrons. The predicted molar refractivity (Wildman–Crippen MR) is 72.2 cm³/mol. The first-order valence-corrected chi connectivity index (χ1v) is 6.31. The molecule has 22 heavy (non-hydrogen) atoms. The summed E-state index contributed by atoms with van der Waals surface area (Å²) in [5, 5.41) is 0. The van der Waals surface area contributed by atoms with Crippen LogP contribution in [0, 0.1) is 5.82 Å². The van der Waals surface area contributed by atoms with E-state index in [1.807, 2.05) is 10.9 Å². The fourth-order valence-corrected chi connectivity index (χ4v) is 1.85. The van der Waals surface area contributed by atoms with Crippen LogP contribution in [0.5, 0.6) is 0 Å². The first kappa shape index (κ1) is 16.0. The number of rotatable bonds is 4. The van der Waals surface area contributed by atoms with Crippen LogP contribution in [0.1, 0.15) is 22.0 Å². The monoisotopic (exact) mass is 312 g/mol. The molecule has 2 aromatic carbocycles. The van der Waals surface area contributed by atoms with Crippen molar-refractivity contribution in [3.63, 3.8) is 0 Å². The maximum absolute atomic E-state index is 13.4. The first-order valence-electron chi connectivity index (χ1n) is 6.31. The van der Waals surface area contributed by atoms with Crippen molar-refractivity contribution < 1.29 is 22.4 Å². The molecule has 7 heteroatoms. The Labute approximate surface area is 123 Å². The number of halogens is 4. The van der Waals surface area contributed by atoms with Crippen molar-refractivity contribution in [2.75, 3.05) is 0 Å². The highest BCUT2D eigenvalue weighted by atomic mass is 19.4. The summed E-state index contributed by atoms with van der Waals surface area (Å²) < 4.78 is 52.6. The second-order valence-electron chi connectivity index (χ2n) is 4.46. The molecule has 2 rings (SSSR count). The van der Waals surface area contributed by atoms with Gasteiger partial charge in [-0.15, -0.1) is 0 Å². The number of nitrogens with one attached hydrogen (secondary N) is 2. The second-order valence-corrected chi connectivity index (χ2v) is 4.46. The van der Waals surface area contributed by atoms with Crippen LogP contribution in [0.2, 0.25) is 0 Å². The topological polar surface area (TPSA) is 41.1 Å². The Kier molecular flexibility index (Phi) is 4.77. The SMILES string of the molecule is O=C(NNC(c1ccccc1)C(F)(F)F)c1ccccc1F. The number of benzene rings is 2. The largest absolute Gasteiger partial charge is 0.409 e. The van der Waals surface area contributed by atoms with Gasteiger partial charge in [-0.1, -0.05) is 42.5 Å². The molecule has 0 aliphatic carbocycles. The maximum atomic E-state index is 13.4. The molecule has 3 nitrogen and oxygen atoms in total. The number of alkyl halides is 3. The molecular weight excluding hydrogens is 300 g/mol. The van der Waals surface area contributed by atoms with Crippen LogP contribution in [0.3, 0.4) is 0 Å². The minimum Gasteiger partial charge on any atom is -0.286 e. The number of hydrogen-bond acceptors (Lipinski definition) is 2. The standard InChI is InChI=1S/C15H12F4N2O/c16-12-9-5-4-8-11(12)14(22)21-20-13(15(17,18)19)10-6-2-1-3-7-10/h1-9,13,20H,(H,21,22). The predicted octanol–water partition coefficient (Wildman–Crippen LogP) is 3.36. The van der Waals surface area contributed by atoms with Crippen molar-refractivity contribution in [2.24, 2.45) is 0 Å². The molecule has 1 amide bonds. The van der Waals surface area contributed by atoms with Crippen LogP contribution in [0.4, 0.5) is 17.6 Å². The lowest BCUT2D eigenvalue weighted by molar-refractivity contribution is -0.159. The normalized spacial score (nSPS) is 12.7. The molecule has 0 bridgehead atoms. The summed E-state index contributed by atoms with van der Waals surface area (Å²) in [6.07, 6.45) is -4.62. The van der Waals surface area contributed by atoms with Gasteiger partial charge in [0.05, 0.1) is 5.56 Å². The Morgan fingerprint density at radius 2 is 1.55 bits per heavy atom. The summed E-state index contributed by atoms with van der Waals surface area (Å²) in [7, 11) is 0. The number of hydrazine groups is 1. The molecule has 0 fully saturated rings. The van der Waals surface area contributed by atoms with Crippen molar-refractivity contribution in [3.05, 3.63) is 71.5 Å². The van der Waals surface area contributed by atoms with Crippen molar-refractivity contribution in [1.29, 1.82) is 0 Å². The Hall–Kier alpha value is -2.41. The average Bonchev–Trinajstić information content (AvgIpc) is 2.47. The zero-order valence-corrected chi connectivity index (χ0v) is 11.2. The van der Waals surface area contributed by atoms with Gasteiger partial charge in [-0.3, -0.25) is 10.2 Å². The minimum atomic E-state index is -4.62. The van der Waals surface area contributed by atoms with Gasteiger partial charge >= 0.3 is 6.18 Å². The first-order chi connectivity index (χ1) is 10.4. The van der Waals surface area contributed by atoms with Gasteiger partial charge in [-0.2, -0.15) is 13.2 Å². The van der Waals surface area contributed by atoms with Gasteiger partial charge in [-0.25, -0.2) is 9.82 Å². The van der Waals surface area contributed by atoms with Crippen LogP contribution in [0.15, 0.2) is 54.6 Å². The lowest BCUT2D eigenvalue weighted by Crippen LogP contribution is -2.45. The molecule has 0 aliphatic heterocycles. The smallest absolute Gasteiger partial charge is 0.286 e.